The Labute approximate surface area is 144 Å². The van der Waals surface area contributed by atoms with Crippen LogP contribution in [0.25, 0.3) is 0 Å². The van der Waals surface area contributed by atoms with Crippen molar-refractivity contribution >= 4 is 21.6 Å². The number of nitrogens with zero attached hydrogens (tertiary/aromatic N) is 3. The van der Waals surface area contributed by atoms with Crippen LogP contribution in [0, 0.1) is 0 Å². The number of aryl methyl sites for hydroxylation is 1. The Morgan fingerprint density at radius 1 is 1.39 bits per heavy atom. The van der Waals surface area contributed by atoms with Crippen LogP contribution in [0.15, 0.2) is 39.7 Å². The number of anilines is 1. The standard InChI is InChI=1S/C16H21BrN4O2/c1-20(2)13(11-7-5-6-8-14(11)23-4)10-18-12-9-19-21(3)16(22)15(12)17/h5-9,13,18H,10H2,1-4H3. The maximum absolute atomic E-state index is 11.9. The van der Waals surface area contributed by atoms with Crippen molar-refractivity contribution in [3.63, 3.8) is 0 Å². The first kappa shape index (κ1) is 17.5. The number of hydrogen-bond donors (Lipinski definition) is 1. The van der Waals surface area contributed by atoms with Gasteiger partial charge in [0.05, 0.1) is 25.0 Å². The third-order valence-corrected chi connectivity index (χ3v) is 4.45. The molecule has 124 valence electrons. The molecule has 1 aromatic carbocycles. The summed E-state index contributed by atoms with van der Waals surface area (Å²) in [6.07, 6.45) is 1.64. The molecule has 6 nitrogen and oxygen atoms in total. The summed E-state index contributed by atoms with van der Waals surface area (Å²) in [5.74, 6) is 0.842. The van der Waals surface area contributed by atoms with Gasteiger partial charge in [0, 0.05) is 19.2 Å². The van der Waals surface area contributed by atoms with Crippen molar-refractivity contribution in [2.45, 2.75) is 6.04 Å². The second kappa shape index (κ2) is 7.61. The lowest BCUT2D eigenvalue weighted by molar-refractivity contribution is 0.300. The monoisotopic (exact) mass is 380 g/mol. The van der Waals surface area contributed by atoms with E-state index in [2.05, 4.69) is 31.2 Å². The number of likely N-dealkylation sites (N-methyl/N-ethyl adjacent to an activating group) is 1. The van der Waals surface area contributed by atoms with Crippen LogP contribution in [0.2, 0.25) is 0 Å². The number of ether oxygens (including phenoxy) is 1. The maximum atomic E-state index is 11.9. The molecule has 0 bridgehead atoms. The first-order chi connectivity index (χ1) is 11.0. The lowest BCUT2D eigenvalue weighted by Gasteiger charge is -2.27. The van der Waals surface area contributed by atoms with Gasteiger partial charge in [0.1, 0.15) is 10.2 Å². The predicted octanol–water partition coefficient (Wildman–Crippen LogP) is 2.27. The minimum atomic E-state index is -0.173. The highest BCUT2D eigenvalue weighted by molar-refractivity contribution is 9.10. The van der Waals surface area contributed by atoms with Gasteiger partial charge in [-0.15, -0.1) is 0 Å². The second-order valence-electron chi connectivity index (χ2n) is 5.40. The number of nitrogens with one attached hydrogen (secondary N) is 1. The third-order valence-electron chi connectivity index (χ3n) is 3.69. The number of hydrogen-bond acceptors (Lipinski definition) is 5. The van der Waals surface area contributed by atoms with Crippen LogP contribution >= 0.6 is 15.9 Å². The molecule has 1 unspecified atom stereocenters. The van der Waals surface area contributed by atoms with E-state index < -0.39 is 0 Å². The molecular formula is C16H21BrN4O2. The van der Waals surface area contributed by atoms with E-state index in [1.54, 1.807) is 20.4 Å². The molecule has 7 heteroatoms. The van der Waals surface area contributed by atoms with Crippen LogP contribution in [0.1, 0.15) is 11.6 Å². The van der Waals surface area contributed by atoms with Gasteiger partial charge in [0.25, 0.3) is 5.56 Å². The minimum Gasteiger partial charge on any atom is -0.496 e. The summed E-state index contributed by atoms with van der Waals surface area (Å²) in [5, 5.41) is 7.33. The van der Waals surface area contributed by atoms with Crippen molar-refractivity contribution in [2.75, 3.05) is 33.1 Å². The van der Waals surface area contributed by atoms with Gasteiger partial charge in [-0.25, -0.2) is 4.68 Å². The number of methoxy groups -OCH3 is 1. The van der Waals surface area contributed by atoms with Gasteiger partial charge in [0.15, 0.2) is 0 Å². The Bertz CT molecular complexity index is 730. The molecule has 0 saturated heterocycles. The van der Waals surface area contributed by atoms with Crippen LogP contribution < -0.4 is 15.6 Å². The summed E-state index contributed by atoms with van der Waals surface area (Å²) in [6, 6.07) is 8.01. The summed E-state index contributed by atoms with van der Waals surface area (Å²) in [4.78, 5) is 14.0. The minimum absolute atomic E-state index is 0.0853. The molecule has 2 rings (SSSR count). The molecule has 23 heavy (non-hydrogen) atoms. The molecular weight excluding hydrogens is 360 g/mol. The molecule has 0 aliphatic rings. The number of rotatable bonds is 6. The maximum Gasteiger partial charge on any atom is 0.282 e. The van der Waals surface area contributed by atoms with E-state index in [1.165, 1.54) is 4.68 Å². The predicted molar refractivity (Wildman–Crippen MR) is 95.1 cm³/mol. The Hall–Kier alpha value is -1.86. The molecule has 0 fully saturated rings. The molecule has 0 amide bonds. The van der Waals surface area contributed by atoms with E-state index in [1.807, 2.05) is 38.4 Å². The van der Waals surface area contributed by atoms with Gasteiger partial charge in [-0.3, -0.25) is 4.79 Å². The molecule has 1 N–H and O–H groups in total. The van der Waals surface area contributed by atoms with E-state index in [0.717, 1.165) is 11.3 Å². The number of halogens is 1. The largest absolute Gasteiger partial charge is 0.496 e. The first-order valence-corrected chi connectivity index (χ1v) is 8.00. The molecule has 0 aliphatic carbocycles. The van der Waals surface area contributed by atoms with E-state index in [0.29, 0.717) is 16.7 Å². The van der Waals surface area contributed by atoms with Crippen molar-refractivity contribution in [3.8, 4) is 5.75 Å². The van der Waals surface area contributed by atoms with Crippen molar-refractivity contribution < 1.29 is 4.74 Å². The van der Waals surface area contributed by atoms with E-state index in [9.17, 15) is 4.79 Å². The van der Waals surface area contributed by atoms with Crippen molar-refractivity contribution in [1.82, 2.24) is 14.7 Å². The van der Waals surface area contributed by atoms with Gasteiger partial charge in [-0.05, 0) is 36.1 Å². The molecule has 0 radical (unpaired) electrons. The highest BCUT2D eigenvalue weighted by Gasteiger charge is 2.18. The molecule has 0 aliphatic heterocycles. The van der Waals surface area contributed by atoms with Crippen molar-refractivity contribution in [1.29, 1.82) is 0 Å². The third kappa shape index (κ3) is 3.92. The Morgan fingerprint density at radius 2 is 2.09 bits per heavy atom. The molecule has 2 aromatic rings. The van der Waals surface area contributed by atoms with Gasteiger partial charge in [-0.1, -0.05) is 18.2 Å². The summed E-state index contributed by atoms with van der Waals surface area (Å²) in [5.41, 5.74) is 1.59. The van der Waals surface area contributed by atoms with Crippen LogP contribution in [0.4, 0.5) is 5.69 Å². The van der Waals surface area contributed by atoms with Gasteiger partial charge in [-0.2, -0.15) is 5.10 Å². The van der Waals surface area contributed by atoms with Crippen LogP contribution in [0.5, 0.6) is 5.75 Å². The fraction of sp³-hybridized carbons (Fsp3) is 0.375. The molecule has 0 spiro atoms. The van der Waals surface area contributed by atoms with Crippen molar-refractivity contribution in [3.05, 3.63) is 50.9 Å². The van der Waals surface area contributed by atoms with E-state index in [4.69, 9.17) is 4.74 Å². The Morgan fingerprint density at radius 3 is 2.74 bits per heavy atom. The smallest absolute Gasteiger partial charge is 0.282 e. The summed E-state index contributed by atoms with van der Waals surface area (Å²) >= 11 is 3.33. The van der Waals surface area contributed by atoms with Crippen LogP contribution in [-0.2, 0) is 7.05 Å². The molecule has 1 aromatic heterocycles. The fourth-order valence-corrected chi connectivity index (χ4v) is 2.85. The molecule has 0 saturated carbocycles. The quantitative estimate of drug-likeness (QED) is 0.832. The highest BCUT2D eigenvalue weighted by atomic mass is 79.9. The van der Waals surface area contributed by atoms with Crippen molar-refractivity contribution in [2.24, 2.45) is 7.05 Å². The number of benzene rings is 1. The van der Waals surface area contributed by atoms with Crippen LogP contribution in [-0.4, -0.2) is 42.4 Å². The molecule has 1 heterocycles. The van der Waals surface area contributed by atoms with Gasteiger partial charge >= 0.3 is 0 Å². The van der Waals surface area contributed by atoms with E-state index in [-0.39, 0.29) is 11.6 Å². The Kier molecular flexibility index (Phi) is 5.79. The van der Waals surface area contributed by atoms with Gasteiger partial charge in [0.2, 0.25) is 0 Å². The van der Waals surface area contributed by atoms with Gasteiger partial charge < -0.3 is 15.0 Å². The lowest BCUT2D eigenvalue weighted by Crippen LogP contribution is -2.28. The summed E-state index contributed by atoms with van der Waals surface area (Å²) in [6.45, 7) is 0.612. The average molecular weight is 381 g/mol. The number of para-hydroxylation sites is 1. The normalized spacial score (nSPS) is 12.3. The van der Waals surface area contributed by atoms with E-state index >= 15 is 0 Å². The Balaban J connectivity index is 2.25. The topological polar surface area (TPSA) is 59.4 Å². The zero-order valence-electron chi connectivity index (χ0n) is 13.7. The number of aromatic nitrogens is 2. The summed E-state index contributed by atoms with van der Waals surface area (Å²) < 4.78 is 7.23. The SMILES string of the molecule is COc1ccccc1C(CNc1cnn(C)c(=O)c1Br)N(C)C. The summed E-state index contributed by atoms with van der Waals surface area (Å²) in [7, 11) is 7.31. The second-order valence-corrected chi connectivity index (χ2v) is 6.20. The first-order valence-electron chi connectivity index (χ1n) is 7.20. The van der Waals surface area contributed by atoms with Crippen LogP contribution in [0.3, 0.4) is 0 Å². The molecule has 1 atom stereocenters. The average Bonchev–Trinajstić information content (AvgIpc) is 2.55. The highest BCUT2D eigenvalue weighted by Crippen LogP contribution is 2.28. The fourth-order valence-electron chi connectivity index (χ4n) is 2.35. The zero-order chi connectivity index (χ0) is 17.0. The zero-order valence-corrected chi connectivity index (χ0v) is 15.3. The lowest BCUT2D eigenvalue weighted by atomic mass is 10.0.